The van der Waals surface area contributed by atoms with Crippen molar-refractivity contribution in [1.82, 2.24) is 14.5 Å². The van der Waals surface area contributed by atoms with Crippen molar-refractivity contribution >= 4 is 28.8 Å². The molecule has 1 aliphatic rings. The third-order valence-corrected chi connectivity index (χ3v) is 7.11. The highest BCUT2D eigenvalue weighted by atomic mass is 16.7. The number of rotatable bonds is 6. The van der Waals surface area contributed by atoms with E-state index in [4.69, 9.17) is 30.8 Å². The number of nitrogens with two attached hydrogens (primary N) is 2. The Kier molecular flexibility index (Phi) is 7.65. The summed E-state index contributed by atoms with van der Waals surface area (Å²) >= 11 is 0. The molecule has 11 heteroatoms. The maximum Gasteiger partial charge on any atom is 0.511 e. The van der Waals surface area contributed by atoms with Crippen LogP contribution >= 0.6 is 0 Å². The van der Waals surface area contributed by atoms with Crippen LogP contribution in [0, 0.1) is 11.8 Å². The molecule has 2 aromatic heterocycles. The van der Waals surface area contributed by atoms with Gasteiger partial charge in [-0.1, -0.05) is 24.7 Å². The molecule has 2 aromatic carbocycles. The van der Waals surface area contributed by atoms with Crippen LogP contribution < -0.4 is 31.1 Å². The molecule has 4 aromatic rings. The van der Waals surface area contributed by atoms with Crippen LogP contribution in [0.15, 0.2) is 47.5 Å². The minimum absolute atomic E-state index is 0.101. The molecule has 0 unspecified atom stereocenters. The molecule has 1 saturated carbocycles. The lowest BCUT2D eigenvalue weighted by Crippen LogP contribution is -2.18. The van der Waals surface area contributed by atoms with Gasteiger partial charge in [0.05, 0.1) is 31.5 Å². The van der Waals surface area contributed by atoms with Gasteiger partial charge in [0.2, 0.25) is 11.4 Å². The average molecular weight is 556 g/mol. The molecule has 11 nitrogen and oxygen atoms in total. The zero-order valence-electron chi connectivity index (χ0n) is 22.6. The summed E-state index contributed by atoms with van der Waals surface area (Å²) in [6, 6.07) is 9.07. The highest BCUT2D eigenvalue weighted by molar-refractivity contribution is 5.82. The van der Waals surface area contributed by atoms with E-state index in [0.717, 1.165) is 31.2 Å². The largest absolute Gasteiger partial charge is 0.511 e. The van der Waals surface area contributed by atoms with E-state index < -0.39 is 11.6 Å². The van der Waals surface area contributed by atoms with Crippen LogP contribution in [0.1, 0.15) is 54.0 Å². The van der Waals surface area contributed by atoms with E-state index in [1.807, 2.05) is 22.8 Å². The SMILES string of the molecule is COc1cc(Cc2cnc(N)nc2N)cc(C#Cc2ccc3c(=O)c(OC(=O)O)cn(C4CCCC4)c3c2)c1OC. The number of pyridine rings is 1. The molecule has 0 spiro atoms. The summed E-state index contributed by atoms with van der Waals surface area (Å²) in [6.07, 6.45) is 5.94. The first-order chi connectivity index (χ1) is 19.8. The van der Waals surface area contributed by atoms with Crippen LogP contribution in [0.2, 0.25) is 0 Å². The molecule has 0 amide bonds. The fourth-order valence-electron chi connectivity index (χ4n) is 5.20. The number of methoxy groups -OCH3 is 2. The Bertz CT molecular complexity index is 1770. The number of aromatic nitrogens is 3. The van der Waals surface area contributed by atoms with Crippen LogP contribution in [-0.2, 0) is 6.42 Å². The van der Waals surface area contributed by atoms with Crippen LogP contribution in [0.5, 0.6) is 17.2 Å². The van der Waals surface area contributed by atoms with Crippen LogP contribution in [0.25, 0.3) is 10.9 Å². The summed E-state index contributed by atoms with van der Waals surface area (Å²) in [4.78, 5) is 32.3. The maximum absolute atomic E-state index is 13.0. The monoisotopic (exact) mass is 555 g/mol. The lowest BCUT2D eigenvalue weighted by molar-refractivity contribution is 0.143. The number of hydrogen-bond acceptors (Lipinski definition) is 9. The quantitative estimate of drug-likeness (QED) is 0.233. The molecule has 0 saturated heterocycles. The van der Waals surface area contributed by atoms with Crippen molar-refractivity contribution in [1.29, 1.82) is 0 Å². The number of benzene rings is 2. The lowest BCUT2D eigenvalue weighted by Gasteiger charge is -2.19. The minimum atomic E-state index is -1.53. The van der Waals surface area contributed by atoms with Gasteiger partial charge in [-0.05, 0) is 48.7 Å². The van der Waals surface area contributed by atoms with E-state index in [9.17, 15) is 9.59 Å². The van der Waals surface area contributed by atoms with Gasteiger partial charge in [-0.3, -0.25) is 4.79 Å². The minimum Gasteiger partial charge on any atom is -0.493 e. The maximum atomic E-state index is 13.0. The van der Waals surface area contributed by atoms with Crippen molar-refractivity contribution in [3.05, 3.63) is 75.2 Å². The van der Waals surface area contributed by atoms with E-state index in [1.165, 1.54) is 6.20 Å². The molecule has 41 heavy (non-hydrogen) atoms. The van der Waals surface area contributed by atoms with E-state index in [0.29, 0.717) is 51.3 Å². The fourth-order valence-corrected chi connectivity index (χ4v) is 5.20. The van der Waals surface area contributed by atoms with E-state index >= 15 is 0 Å². The normalized spacial score (nSPS) is 13.0. The van der Waals surface area contributed by atoms with Crippen LogP contribution in [0.4, 0.5) is 16.6 Å². The Morgan fingerprint density at radius 1 is 1.10 bits per heavy atom. The van der Waals surface area contributed by atoms with Crippen molar-refractivity contribution in [3.8, 4) is 29.1 Å². The molecule has 2 heterocycles. The van der Waals surface area contributed by atoms with E-state index in [-0.39, 0.29) is 17.7 Å². The first-order valence-corrected chi connectivity index (χ1v) is 13.0. The zero-order chi connectivity index (χ0) is 29.1. The number of nitrogens with zero attached hydrogens (tertiary/aromatic N) is 3. The average Bonchev–Trinajstić information content (AvgIpc) is 3.49. The number of carbonyl (C=O) groups is 1. The van der Waals surface area contributed by atoms with Crippen molar-refractivity contribution in [3.63, 3.8) is 0 Å². The molecule has 210 valence electrons. The zero-order valence-corrected chi connectivity index (χ0v) is 22.6. The third-order valence-electron chi connectivity index (χ3n) is 7.11. The Balaban J connectivity index is 1.58. The molecule has 5 rings (SSSR count). The number of ether oxygens (including phenoxy) is 3. The Hall–Kier alpha value is -5.24. The van der Waals surface area contributed by atoms with Gasteiger partial charge >= 0.3 is 6.16 Å². The Labute approximate surface area is 235 Å². The van der Waals surface area contributed by atoms with Crippen molar-refractivity contribution in [2.24, 2.45) is 0 Å². The van der Waals surface area contributed by atoms with Gasteiger partial charge in [-0.2, -0.15) is 4.98 Å². The van der Waals surface area contributed by atoms with Crippen molar-refractivity contribution in [2.75, 3.05) is 25.7 Å². The topological polar surface area (TPSA) is 165 Å². The van der Waals surface area contributed by atoms with E-state index in [2.05, 4.69) is 21.8 Å². The Morgan fingerprint density at radius 3 is 2.56 bits per heavy atom. The van der Waals surface area contributed by atoms with Gasteiger partial charge < -0.3 is 35.4 Å². The second kappa shape index (κ2) is 11.5. The lowest BCUT2D eigenvalue weighted by atomic mass is 10.0. The fraction of sp³-hybridized carbons (Fsp3) is 0.267. The second-order valence-corrected chi connectivity index (χ2v) is 9.71. The first-order valence-electron chi connectivity index (χ1n) is 13.0. The molecule has 5 N–H and O–H groups in total. The summed E-state index contributed by atoms with van der Waals surface area (Å²) in [5, 5.41) is 9.49. The first kappa shape index (κ1) is 27.3. The van der Waals surface area contributed by atoms with Gasteiger partial charge in [0, 0.05) is 35.2 Å². The Morgan fingerprint density at radius 2 is 1.88 bits per heavy atom. The molecular weight excluding hydrogens is 526 g/mol. The molecule has 1 aliphatic carbocycles. The molecule has 0 bridgehead atoms. The number of anilines is 2. The molecule has 1 fully saturated rings. The number of hydrogen-bond donors (Lipinski definition) is 3. The van der Waals surface area contributed by atoms with Gasteiger partial charge in [-0.25, -0.2) is 9.78 Å². The van der Waals surface area contributed by atoms with E-state index in [1.54, 1.807) is 32.5 Å². The second-order valence-electron chi connectivity index (χ2n) is 9.71. The molecule has 0 aliphatic heterocycles. The van der Waals surface area contributed by atoms with Gasteiger partial charge in [0.15, 0.2) is 17.2 Å². The third kappa shape index (κ3) is 5.72. The number of fused-ring (bicyclic) bond motifs is 1. The summed E-state index contributed by atoms with van der Waals surface area (Å²) in [6.45, 7) is 0. The molecular formula is C30H29N5O6. The summed E-state index contributed by atoms with van der Waals surface area (Å²) < 4.78 is 17.9. The van der Waals surface area contributed by atoms with Gasteiger partial charge in [0.1, 0.15) is 5.82 Å². The standard InChI is InChI=1S/C30H29N5O6/c1-39-24-14-18(12-20-15-33-29(32)34-28(20)31)11-19(27(24)40-2)9-7-17-8-10-22-23(13-17)35(21-5-3-4-6-21)16-25(26(22)36)41-30(37)38/h8,10-11,13-16,21H,3-6,12H2,1-2H3,(H,37,38)(H4,31,32,33,34). The molecule has 0 atom stereocenters. The number of nitrogen functional groups attached to an aromatic ring is 2. The highest BCUT2D eigenvalue weighted by Gasteiger charge is 2.21. The molecule has 0 radical (unpaired) electrons. The van der Waals surface area contributed by atoms with Crippen molar-refractivity contribution in [2.45, 2.75) is 38.1 Å². The highest BCUT2D eigenvalue weighted by Crippen LogP contribution is 2.34. The predicted molar refractivity (Wildman–Crippen MR) is 154 cm³/mol. The van der Waals surface area contributed by atoms with Crippen LogP contribution in [-0.4, -0.2) is 40.0 Å². The summed E-state index contributed by atoms with van der Waals surface area (Å²) in [5.74, 6) is 7.53. The van der Waals surface area contributed by atoms with Crippen molar-refractivity contribution < 1.29 is 24.1 Å². The van der Waals surface area contributed by atoms with Gasteiger partial charge in [0.25, 0.3) is 0 Å². The summed E-state index contributed by atoms with van der Waals surface area (Å²) in [7, 11) is 3.09. The predicted octanol–water partition coefficient (Wildman–Crippen LogP) is 4.14. The smallest absolute Gasteiger partial charge is 0.493 e. The van der Waals surface area contributed by atoms with Gasteiger partial charge in [-0.15, -0.1) is 0 Å². The summed E-state index contributed by atoms with van der Waals surface area (Å²) in [5.41, 5.74) is 14.7. The van der Waals surface area contributed by atoms with Crippen LogP contribution in [0.3, 0.4) is 0 Å². The number of carboxylic acid groups (broad SMARTS) is 1.